The highest BCUT2D eigenvalue weighted by Crippen LogP contribution is 2.24. The number of H-pyrrole nitrogens is 1. The predicted molar refractivity (Wildman–Crippen MR) is 113 cm³/mol. The van der Waals surface area contributed by atoms with Gasteiger partial charge in [-0.15, -0.1) is 0 Å². The minimum atomic E-state index is -0.527. The highest BCUT2D eigenvalue weighted by atomic mass is 35.5. The zero-order valence-electron chi connectivity index (χ0n) is 16.2. The van der Waals surface area contributed by atoms with E-state index in [0.29, 0.717) is 41.3 Å². The largest absolute Gasteiger partial charge is 0.358 e. The molecular weight excluding hydrogens is 393 g/mol. The molecule has 0 unspecified atom stereocenters. The van der Waals surface area contributed by atoms with Crippen molar-refractivity contribution in [3.8, 4) is 0 Å². The Labute approximate surface area is 172 Å². The minimum Gasteiger partial charge on any atom is -0.358 e. The maximum absolute atomic E-state index is 14.3. The first-order valence-electron chi connectivity index (χ1n) is 9.45. The van der Waals surface area contributed by atoms with Crippen LogP contribution in [0.4, 0.5) is 10.1 Å². The standard InChI is InChI=1S/C22H21ClFN3O2/c1-12-6-7-16(24)20-21(12)26-18-8-9-27(10-14(18)22(20)29)11-19(28)25-17-5-3-4-15(23)13(17)2/h3-7H,8-11H2,1-2H3,(H,25,28)(H,26,29). The molecule has 0 bridgehead atoms. The number of fused-ring (bicyclic) bond motifs is 2. The van der Waals surface area contributed by atoms with Crippen LogP contribution in [0.15, 0.2) is 35.1 Å². The number of halogens is 2. The average Bonchev–Trinajstić information content (AvgIpc) is 2.69. The van der Waals surface area contributed by atoms with E-state index in [9.17, 15) is 14.0 Å². The number of rotatable bonds is 3. The van der Waals surface area contributed by atoms with Gasteiger partial charge in [0.25, 0.3) is 0 Å². The van der Waals surface area contributed by atoms with Gasteiger partial charge in [-0.3, -0.25) is 14.5 Å². The summed E-state index contributed by atoms with van der Waals surface area (Å²) in [4.78, 5) is 30.6. The van der Waals surface area contributed by atoms with Crippen molar-refractivity contribution in [3.05, 3.63) is 73.8 Å². The number of pyridine rings is 1. The van der Waals surface area contributed by atoms with Crippen molar-refractivity contribution in [2.24, 2.45) is 0 Å². The van der Waals surface area contributed by atoms with Crippen LogP contribution < -0.4 is 10.7 Å². The second-order valence-corrected chi connectivity index (χ2v) is 7.85. The number of aryl methyl sites for hydroxylation is 1. The summed E-state index contributed by atoms with van der Waals surface area (Å²) in [5, 5.41) is 3.55. The number of benzene rings is 2. The van der Waals surface area contributed by atoms with Crippen molar-refractivity contribution >= 4 is 34.1 Å². The van der Waals surface area contributed by atoms with Gasteiger partial charge in [0.2, 0.25) is 5.91 Å². The summed E-state index contributed by atoms with van der Waals surface area (Å²) in [7, 11) is 0. The molecule has 1 aliphatic heterocycles. The molecule has 0 fully saturated rings. The molecule has 1 amide bonds. The lowest BCUT2D eigenvalue weighted by Crippen LogP contribution is -2.39. The molecule has 2 heterocycles. The highest BCUT2D eigenvalue weighted by molar-refractivity contribution is 6.31. The average molecular weight is 414 g/mol. The van der Waals surface area contributed by atoms with Crippen LogP contribution in [0.2, 0.25) is 5.02 Å². The van der Waals surface area contributed by atoms with Crippen molar-refractivity contribution < 1.29 is 9.18 Å². The molecule has 2 N–H and O–H groups in total. The highest BCUT2D eigenvalue weighted by Gasteiger charge is 2.24. The quantitative estimate of drug-likeness (QED) is 0.683. The molecule has 7 heteroatoms. The number of nitrogens with one attached hydrogen (secondary N) is 2. The molecule has 4 rings (SSSR count). The first-order chi connectivity index (χ1) is 13.8. The van der Waals surface area contributed by atoms with Gasteiger partial charge in [0.15, 0.2) is 5.43 Å². The summed E-state index contributed by atoms with van der Waals surface area (Å²) in [6.45, 7) is 4.76. The number of aromatic nitrogens is 1. The van der Waals surface area contributed by atoms with E-state index in [2.05, 4.69) is 10.3 Å². The molecule has 0 atom stereocenters. The molecule has 150 valence electrons. The van der Waals surface area contributed by atoms with Crippen molar-refractivity contribution in [1.82, 2.24) is 9.88 Å². The van der Waals surface area contributed by atoms with E-state index in [4.69, 9.17) is 11.6 Å². The summed E-state index contributed by atoms with van der Waals surface area (Å²) < 4.78 is 14.3. The van der Waals surface area contributed by atoms with E-state index in [1.54, 1.807) is 24.3 Å². The van der Waals surface area contributed by atoms with E-state index < -0.39 is 5.82 Å². The SMILES string of the molecule is Cc1c(Cl)cccc1NC(=O)CN1CCc2[nH]c3c(C)ccc(F)c3c(=O)c2C1. The van der Waals surface area contributed by atoms with Gasteiger partial charge in [0.05, 0.1) is 17.4 Å². The molecule has 0 radical (unpaired) electrons. The summed E-state index contributed by atoms with van der Waals surface area (Å²) in [5.41, 5.74) is 3.90. The fourth-order valence-electron chi connectivity index (χ4n) is 3.80. The summed E-state index contributed by atoms with van der Waals surface area (Å²) in [6, 6.07) is 8.33. The number of anilines is 1. The molecule has 1 aromatic heterocycles. The lowest BCUT2D eigenvalue weighted by molar-refractivity contribution is -0.117. The van der Waals surface area contributed by atoms with Crippen molar-refractivity contribution in [2.45, 2.75) is 26.8 Å². The second-order valence-electron chi connectivity index (χ2n) is 7.45. The zero-order valence-corrected chi connectivity index (χ0v) is 17.0. The smallest absolute Gasteiger partial charge is 0.238 e. The van der Waals surface area contributed by atoms with Gasteiger partial charge in [0.1, 0.15) is 5.82 Å². The van der Waals surface area contributed by atoms with Crippen LogP contribution in [0.1, 0.15) is 22.4 Å². The van der Waals surface area contributed by atoms with Crippen LogP contribution in [0.3, 0.4) is 0 Å². The molecular formula is C22H21ClFN3O2. The Balaban J connectivity index is 1.56. The van der Waals surface area contributed by atoms with Crippen LogP contribution in [-0.2, 0) is 17.8 Å². The van der Waals surface area contributed by atoms with Gasteiger partial charge in [-0.25, -0.2) is 4.39 Å². The lowest BCUT2D eigenvalue weighted by atomic mass is 10.0. The topological polar surface area (TPSA) is 65.2 Å². The summed E-state index contributed by atoms with van der Waals surface area (Å²) in [6.07, 6.45) is 0.597. The van der Waals surface area contributed by atoms with Gasteiger partial charge in [-0.2, -0.15) is 0 Å². The molecule has 1 aliphatic rings. The Bertz CT molecular complexity index is 1190. The van der Waals surface area contributed by atoms with Gasteiger partial charge in [-0.05, 0) is 43.2 Å². The van der Waals surface area contributed by atoms with Gasteiger partial charge < -0.3 is 10.3 Å². The maximum Gasteiger partial charge on any atom is 0.238 e. The molecule has 0 aliphatic carbocycles. The van der Waals surface area contributed by atoms with E-state index >= 15 is 0 Å². The molecule has 5 nitrogen and oxygen atoms in total. The van der Waals surface area contributed by atoms with Crippen LogP contribution in [-0.4, -0.2) is 28.9 Å². The number of nitrogens with zero attached hydrogens (tertiary/aromatic N) is 1. The Hall–Kier alpha value is -2.70. The lowest BCUT2D eigenvalue weighted by Gasteiger charge is -2.28. The van der Waals surface area contributed by atoms with Gasteiger partial charge in [-0.1, -0.05) is 23.7 Å². The molecule has 2 aromatic carbocycles. The third kappa shape index (κ3) is 3.66. The van der Waals surface area contributed by atoms with Gasteiger partial charge in [0, 0.05) is 41.5 Å². The second kappa shape index (κ2) is 7.61. The van der Waals surface area contributed by atoms with Crippen molar-refractivity contribution in [1.29, 1.82) is 0 Å². The monoisotopic (exact) mass is 413 g/mol. The molecule has 0 spiro atoms. The molecule has 0 saturated carbocycles. The maximum atomic E-state index is 14.3. The fraction of sp³-hybridized carbons (Fsp3) is 0.273. The Morgan fingerprint density at radius 1 is 1.28 bits per heavy atom. The number of hydrogen-bond donors (Lipinski definition) is 2. The number of carbonyl (C=O) groups is 1. The number of carbonyl (C=O) groups excluding carboxylic acids is 1. The summed E-state index contributed by atoms with van der Waals surface area (Å²) in [5.74, 6) is -0.709. The van der Waals surface area contributed by atoms with Crippen LogP contribution >= 0.6 is 11.6 Å². The number of amides is 1. The first kappa shape index (κ1) is 19.6. The fourth-order valence-corrected chi connectivity index (χ4v) is 3.98. The van der Waals surface area contributed by atoms with E-state index in [-0.39, 0.29) is 23.3 Å². The Kier molecular flexibility index (Phi) is 5.15. The third-order valence-electron chi connectivity index (χ3n) is 5.47. The normalized spacial score (nSPS) is 14.1. The van der Waals surface area contributed by atoms with E-state index in [1.807, 2.05) is 18.7 Å². The van der Waals surface area contributed by atoms with Crippen molar-refractivity contribution in [3.63, 3.8) is 0 Å². The van der Waals surface area contributed by atoms with Crippen molar-refractivity contribution in [2.75, 3.05) is 18.4 Å². The molecule has 0 saturated heterocycles. The van der Waals surface area contributed by atoms with Gasteiger partial charge >= 0.3 is 0 Å². The minimum absolute atomic E-state index is 0.0876. The zero-order chi connectivity index (χ0) is 20.7. The number of aromatic amines is 1. The van der Waals surface area contributed by atoms with E-state index in [0.717, 1.165) is 16.8 Å². The van der Waals surface area contributed by atoms with E-state index in [1.165, 1.54) is 6.07 Å². The molecule has 3 aromatic rings. The first-order valence-corrected chi connectivity index (χ1v) is 9.83. The number of hydrogen-bond acceptors (Lipinski definition) is 3. The Morgan fingerprint density at radius 3 is 2.86 bits per heavy atom. The van der Waals surface area contributed by atoms with Crippen LogP contribution in [0.5, 0.6) is 0 Å². The molecule has 29 heavy (non-hydrogen) atoms. The van der Waals surface area contributed by atoms with Crippen LogP contribution in [0.25, 0.3) is 10.9 Å². The summed E-state index contributed by atoms with van der Waals surface area (Å²) >= 11 is 6.10. The van der Waals surface area contributed by atoms with Crippen LogP contribution in [0, 0.1) is 19.7 Å². The predicted octanol–water partition coefficient (Wildman–Crippen LogP) is 3.93. The third-order valence-corrected chi connectivity index (χ3v) is 5.88. The Morgan fingerprint density at radius 2 is 2.07 bits per heavy atom.